The molecule has 0 unspecified atom stereocenters. The fourth-order valence-electron chi connectivity index (χ4n) is 1.77. The van der Waals surface area contributed by atoms with Gasteiger partial charge < -0.3 is 15.2 Å². The number of thiophene rings is 1. The number of anilines is 1. The smallest absolute Gasteiger partial charge is 0.221 e. The molecule has 0 radical (unpaired) electrons. The quantitative estimate of drug-likeness (QED) is 0.725. The second-order valence-electron chi connectivity index (χ2n) is 4.76. The molecular formula is C16H19NO3S2. The Kier molecular flexibility index (Phi) is 6.92. The molecule has 2 aromatic rings. The van der Waals surface area contributed by atoms with Crippen molar-refractivity contribution in [3.8, 4) is 0 Å². The number of carbonyl (C=O) groups excluding carboxylic acids is 1. The van der Waals surface area contributed by atoms with Crippen molar-refractivity contribution in [2.24, 2.45) is 0 Å². The van der Waals surface area contributed by atoms with E-state index < -0.39 is 6.10 Å². The maximum absolute atomic E-state index is 10.9. The number of benzene rings is 1. The zero-order valence-electron chi connectivity index (χ0n) is 12.3. The number of aliphatic hydroxyl groups is 1. The molecule has 1 atom stereocenters. The third-order valence-electron chi connectivity index (χ3n) is 2.75. The predicted octanol–water partition coefficient (Wildman–Crippen LogP) is 3.38. The van der Waals surface area contributed by atoms with Gasteiger partial charge in [-0.15, -0.1) is 23.1 Å². The van der Waals surface area contributed by atoms with Gasteiger partial charge in [0.2, 0.25) is 5.91 Å². The Morgan fingerprint density at radius 3 is 2.77 bits per heavy atom. The predicted molar refractivity (Wildman–Crippen MR) is 91.5 cm³/mol. The number of nitrogens with one attached hydrogen (secondary N) is 1. The van der Waals surface area contributed by atoms with Crippen LogP contribution >= 0.6 is 23.1 Å². The molecule has 0 fully saturated rings. The summed E-state index contributed by atoms with van der Waals surface area (Å²) in [6, 6.07) is 11.6. The first-order chi connectivity index (χ1) is 10.6. The fraction of sp³-hybridized carbons (Fsp3) is 0.312. The van der Waals surface area contributed by atoms with Crippen molar-refractivity contribution in [2.75, 3.05) is 17.7 Å². The van der Waals surface area contributed by atoms with E-state index >= 15 is 0 Å². The molecule has 1 aromatic carbocycles. The third kappa shape index (κ3) is 6.19. The summed E-state index contributed by atoms with van der Waals surface area (Å²) in [5.41, 5.74) is 0.775. The highest BCUT2D eigenvalue weighted by atomic mass is 32.2. The van der Waals surface area contributed by atoms with Crippen LogP contribution in [0.2, 0.25) is 0 Å². The van der Waals surface area contributed by atoms with Gasteiger partial charge in [0, 0.05) is 28.1 Å². The largest absolute Gasteiger partial charge is 0.390 e. The lowest BCUT2D eigenvalue weighted by atomic mass is 10.3. The monoisotopic (exact) mass is 337 g/mol. The van der Waals surface area contributed by atoms with Gasteiger partial charge in [0.1, 0.15) is 0 Å². The highest BCUT2D eigenvalue weighted by Crippen LogP contribution is 2.21. The topological polar surface area (TPSA) is 58.6 Å². The Hall–Kier alpha value is -1.34. The Morgan fingerprint density at radius 2 is 2.14 bits per heavy atom. The molecule has 0 aliphatic heterocycles. The van der Waals surface area contributed by atoms with Crippen LogP contribution in [0.3, 0.4) is 0 Å². The molecule has 0 aliphatic carbocycles. The number of carbonyl (C=O) groups is 1. The Bertz CT molecular complexity index is 570. The van der Waals surface area contributed by atoms with Crippen LogP contribution < -0.4 is 5.32 Å². The first-order valence-corrected chi connectivity index (χ1v) is 8.78. The van der Waals surface area contributed by atoms with Gasteiger partial charge in [-0.2, -0.15) is 0 Å². The standard InChI is InChI=1S/C16H19NO3S2/c1-12(18)17-13-4-6-15(7-5-13)22-11-14(19)9-20-10-16-3-2-8-21-16/h2-8,14,19H,9-11H2,1H3,(H,17,18)/t14-/m1/s1. The number of rotatable bonds is 8. The van der Waals surface area contributed by atoms with E-state index in [1.807, 2.05) is 41.8 Å². The number of thioether (sulfide) groups is 1. The van der Waals surface area contributed by atoms with Gasteiger partial charge in [-0.3, -0.25) is 4.79 Å². The van der Waals surface area contributed by atoms with Crippen LogP contribution in [0.1, 0.15) is 11.8 Å². The zero-order valence-corrected chi connectivity index (χ0v) is 14.0. The van der Waals surface area contributed by atoms with Crippen molar-refractivity contribution >= 4 is 34.7 Å². The van der Waals surface area contributed by atoms with Crippen LogP contribution in [0.5, 0.6) is 0 Å². The molecule has 0 aliphatic rings. The number of hydrogen-bond donors (Lipinski definition) is 2. The number of aliphatic hydroxyl groups excluding tert-OH is 1. The van der Waals surface area contributed by atoms with Crippen molar-refractivity contribution in [1.82, 2.24) is 0 Å². The summed E-state index contributed by atoms with van der Waals surface area (Å²) in [4.78, 5) is 13.1. The molecule has 0 saturated heterocycles. The SMILES string of the molecule is CC(=O)Nc1ccc(SC[C@H](O)COCc2cccs2)cc1. The third-order valence-corrected chi connectivity index (χ3v) is 4.76. The van der Waals surface area contributed by atoms with Gasteiger partial charge in [0.05, 0.1) is 19.3 Å². The molecular weight excluding hydrogens is 318 g/mol. The molecule has 0 spiro atoms. The van der Waals surface area contributed by atoms with Gasteiger partial charge >= 0.3 is 0 Å². The molecule has 1 aromatic heterocycles. The van der Waals surface area contributed by atoms with Gasteiger partial charge in [0.25, 0.3) is 0 Å². The summed E-state index contributed by atoms with van der Waals surface area (Å²) in [6.45, 7) is 2.36. The first-order valence-electron chi connectivity index (χ1n) is 6.92. The van der Waals surface area contributed by atoms with Crippen LogP contribution in [0.15, 0.2) is 46.7 Å². The Morgan fingerprint density at radius 1 is 1.36 bits per heavy atom. The van der Waals surface area contributed by atoms with Crippen LogP contribution in [0.25, 0.3) is 0 Å². The van der Waals surface area contributed by atoms with Crippen molar-refractivity contribution in [3.63, 3.8) is 0 Å². The highest BCUT2D eigenvalue weighted by Gasteiger charge is 2.06. The minimum atomic E-state index is -0.500. The van der Waals surface area contributed by atoms with Crippen molar-refractivity contribution in [2.45, 2.75) is 24.5 Å². The lowest BCUT2D eigenvalue weighted by molar-refractivity contribution is -0.114. The molecule has 1 heterocycles. The molecule has 2 N–H and O–H groups in total. The number of amides is 1. The summed E-state index contributed by atoms with van der Waals surface area (Å²) < 4.78 is 5.49. The van der Waals surface area contributed by atoms with E-state index in [0.717, 1.165) is 15.5 Å². The minimum absolute atomic E-state index is 0.0845. The van der Waals surface area contributed by atoms with Crippen molar-refractivity contribution < 1.29 is 14.6 Å². The molecule has 0 bridgehead atoms. The van der Waals surface area contributed by atoms with E-state index in [1.54, 1.807) is 23.1 Å². The molecule has 0 saturated carbocycles. The van der Waals surface area contributed by atoms with Crippen LogP contribution in [-0.4, -0.2) is 29.5 Å². The van der Waals surface area contributed by atoms with Crippen LogP contribution in [0, 0.1) is 0 Å². The number of hydrogen-bond acceptors (Lipinski definition) is 5. The molecule has 2 rings (SSSR count). The summed E-state index contributed by atoms with van der Waals surface area (Å²) in [5, 5.41) is 14.6. The van der Waals surface area contributed by atoms with Gasteiger partial charge in [-0.1, -0.05) is 6.07 Å². The molecule has 22 heavy (non-hydrogen) atoms. The van der Waals surface area contributed by atoms with E-state index in [2.05, 4.69) is 5.32 Å². The molecule has 118 valence electrons. The maximum atomic E-state index is 10.9. The maximum Gasteiger partial charge on any atom is 0.221 e. The van der Waals surface area contributed by atoms with E-state index in [1.165, 1.54) is 6.92 Å². The van der Waals surface area contributed by atoms with Crippen LogP contribution in [-0.2, 0) is 16.1 Å². The molecule has 6 heteroatoms. The lowest BCUT2D eigenvalue weighted by Gasteiger charge is -2.11. The van der Waals surface area contributed by atoms with Crippen molar-refractivity contribution in [3.05, 3.63) is 46.7 Å². The lowest BCUT2D eigenvalue weighted by Crippen LogP contribution is -2.17. The first kappa shape index (κ1) is 17.0. The average Bonchev–Trinajstić information content (AvgIpc) is 2.99. The van der Waals surface area contributed by atoms with Gasteiger partial charge in [0.15, 0.2) is 0 Å². The van der Waals surface area contributed by atoms with E-state index in [-0.39, 0.29) is 5.91 Å². The number of ether oxygens (including phenoxy) is 1. The fourth-order valence-corrected chi connectivity index (χ4v) is 3.22. The summed E-state index contributed by atoms with van der Waals surface area (Å²) in [6.07, 6.45) is -0.500. The van der Waals surface area contributed by atoms with E-state index in [9.17, 15) is 9.90 Å². The van der Waals surface area contributed by atoms with Crippen molar-refractivity contribution in [1.29, 1.82) is 0 Å². The Balaban J connectivity index is 1.67. The second kappa shape index (κ2) is 8.95. The summed E-state index contributed by atoms with van der Waals surface area (Å²) in [5.74, 6) is 0.489. The summed E-state index contributed by atoms with van der Waals surface area (Å²) >= 11 is 3.21. The minimum Gasteiger partial charge on any atom is -0.390 e. The zero-order chi connectivity index (χ0) is 15.8. The van der Waals surface area contributed by atoms with E-state index in [0.29, 0.717) is 19.0 Å². The van der Waals surface area contributed by atoms with Crippen LogP contribution in [0.4, 0.5) is 5.69 Å². The average molecular weight is 337 g/mol. The molecule has 1 amide bonds. The normalized spacial score (nSPS) is 12.1. The van der Waals surface area contributed by atoms with Gasteiger partial charge in [-0.05, 0) is 35.7 Å². The summed E-state index contributed by atoms with van der Waals surface area (Å²) in [7, 11) is 0. The highest BCUT2D eigenvalue weighted by molar-refractivity contribution is 7.99. The Labute approximate surface area is 138 Å². The second-order valence-corrected chi connectivity index (χ2v) is 6.89. The molecule has 4 nitrogen and oxygen atoms in total. The van der Waals surface area contributed by atoms with Gasteiger partial charge in [-0.25, -0.2) is 0 Å². The van der Waals surface area contributed by atoms with E-state index in [4.69, 9.17) is 4.74 Å².